The Morgan fingerprint density at radius 3 is 2.75 bits per heavy atom. The van der Waals surface area contributed by atoms with E-state index in [4.69, 9.17) is 9.84 Å². The maximum Gasteiger partial charge on any atom is 0.251 e. The number of ether oxygens (including phenoxy) is 1. The molecule has 0 aliphatic carbocycles. The fourth-order valence-corrected chi connectivity index (χ4v) is 1.82. The van der Waals surface area contributed by atoms with Gasteiger partial charge < -0.3 is 20.5 Å². The van der Waals surface area contributed by atoms with Crippen molar-refractivity contribution in [3.63, 3.8) is 0 Å². The number of carbonyl (C=O) groups excluding carboxylic acids is 1. The van der Waals surface area contributed by atoms with Crippen LogP contribution in [-0.4, -0.2) is 43.9 Å². The summed E-state index contributed by atoms with van der Waals surface area (Å²) in [6.07, 6.45) is 0. The Labute approximate surface area is 120 Å². The van der Waals surface area contributed by atoms with Crippen LogP contribution in [0.4, 0.5) is 5.69 Å². The lowest BCUT2D eigenvalue weighted by Gasteiger charge is -2.23. The second-order valence-corrected chi connectivity index (χ2v) is 5.01. The van der Waals surface area contributed by atoms with Crippen molar-refractivity contribution in [2.45, 2.75) is 19.9 Å². The highest BCUT2D eigenvalue weighted by molar-refractivity contribution is 5.95. The van der Waals surface area contributed by atoms with Crippen LogP contribution in [0, 0.1) is 5.92 Å². The molecule has 1 aromatic carbocycles. The molecule has 0 aromatic heterocycles. The van der Waals surface area contributed by atoms with Crippen LogP contribution in [0.15, 0.2) is 24.3 Å². The van der Waals surface area contributed by atoms with Crippen molar-refractivity contribution in [3.05, 3.63) is 29.8 Å². The summed E-state index contributed by atoms with van der Waals surface area (Å²) in [5.41, 5.74) is 1.46. The molecule has 5 heteroatoms. The summed E-state index contributed by atoms with van der Waals surface area (Å²) in [7, 11) is 1.68. The van der Waals surface area contributed by atoms with Crippen molar-refractivity contribution in [2.24, 2.45) is 5.92 Å². The van der Waals surface area contributed by atoms with Crippen LogP contribution in [0.1, 0.15) is 24.2 Å². The molecule has 0 bridgehead atoms. The van der Waals surface area contributed by atoms with Crippen molar-refractivity contribution in [1.82, 2.24) is 5.32 Å². The summed E-state index contributed by atoms with van der Waals surface area (Å²) >= 11 is 0. The van der Waals surface area contributed by atoms with E-state index in [0.717, 1.165) is 5.69 Å². The fourth-order valence-electron chi connectivity index (χ4n) is 1.82. The van der Waals surface area contributed by atoms with Gasteiger partial charge in [0.15, 0.2) is 0 Å². The van der Waals surface area contributed by atoms with Gasteiger partial charge in [0.2, 0.25) is 0 Å². The van der Waals surface area contributed by atoms with E-state index in [2.05, 4.69) is 24.5 Å². The summed E-state index contributed by atoms with van der Waals surface area (Å²) < 4.78 is 5.20. The van der Waals surface area contributed by atoms with Gasteiger partial charge in [-0.05, 0) is 24.1 Å². The highest BCUT2D eigenvalue weighted by atomic mass is 16.5. The first-order valence-electron chi connectivity index (χ1n) is 6.83. The summed E-state index contributed by atoms with van der Waals surface area (Å²) in [5, 5.41) is 14.7. The molecule has 112 valence electrons. The SMILES string of the molecule is COCC(Nc1cccc(C(=O)NCCO)c1)C(C)C. The summed E-state index contributed by atoms with van der Waals surface area (Å²) in [6.45, 7) is 5.04. The molecule has 1 rings (SSSR count). The minimum atomic E-state index is -0.185. The standard InChI is InChI=1S/C15H24N2O3/c1-11(2)14(10-20-3)17-13-6-4-5-12(9-13)15(19)16-7-8-18/h4-6,9,11,14,17-18H,7-8,10H2,1-3H3,(H,16,19). The van der Waals surface area contributed by atoms with E-state index in [0.29, 0.717) is 18.1 Å². The molecule has 5 nitrogen and oxygen atoms in total. The molecule has 1 aromatic rings. The molecule has 3 N–H and O–H groups in total. The molecule has 0 radical (unpaired) electrons. The minimum Gasteiger partial charge on any atom is -0.395 e. The van der Waals surface area contributed by atoms with Gasteiger partial charge in [-0.15, -0.1) is 0 Å². The maximum atomic E-state index is 11.8. The predicted octanol–water partition coefficient (Wildman–Crippen LogP) is 1.49. The van der Waals surface area contributed by atoms with E-state index < -0.39 is 0 Å². The zero-order valence-corrected chi connectivity index (χ0v) is 12.3. The van der Waals surface area contributed by atoms with Gasteiger partial charge >= 0.3 is 0 Å². The van der Waals surface area contributed by atoms with Crippen molar-refractivity contribution >= 4 is 11.6 Å². The van der Waals surface area contributed by atoms with E-state index in [-0.39, 0.29) is 25.1 Å². The second-order valence-electron chi connectivity index (χ2n) is 5.01. The normalized spacial score (nSPS) is 12.2. The van der Waals surface area contributed by atoms with Crippen LogP contribution in [0.5, 0.6) is 0 Å². The average Bonchev–Trinajstić information content (AvgIpc) is 2.44. The van der Waals surface area contributed by atoms with E-state index in [1.54, 1.807) is 19.2 Å². The van der Waals surface area contributed by atoms with Crippen LogP contribution in [0.3, 0.4) is 0 Å². The van der Waals surface area contributed by atoms with E-state index in [1.807, 2.05) is 12.1 Å². The number of nitrogens with one attached hydrogen (secondary N) is 2. The largest absolute Gasteiger partial charge is 0.395 e. The predicted molar refractivity (Wildman–Crippen MR) is 80.0 cm³/mol. The molecule has 0 spiro atoms. The smallest absolute Gasteiger partial charge is 0.251 e. The minimum absolute atomic E-state index is 0.0626. The van der Waals surface area contributed by atoms with Crippen LogP contribution in [0.2, 0.25) is 0 Å². The molecule has 0 aliphatic rings. The Balaban J connectivity index is 2.74. The third-order valence-corrected chi connectivity index (χ3v) is 3.03. The Kier molecular flexibility index (Phi) is 7.04. The number of hydrogen-bond donors (Lipinski definition) is 3. The van der Waals surface area contributed by atoms with Gasteiger partial charge in [-0.25, -0.2) is 0 Å². The molecule has 0 heterocycles. The van der Waals surface area contributed by atoms with Gasteiger partial charge in [0.05, 0.1) is 19.3 Å². The number of anilines is 1. The van der Waals surface area contributed by atoms with Crippen molar-refractivity contribution in [3.8, 4) is 0 Å². The molecule has 20 heavy (non-hydrogen) atoms. The average molecular weight is 280 g/mol. The topological polar surface area (TPSA) is 70.6 Å². The number of rotatable bonds is 8. The molecule has 1 amide bonds. The van der Waals surface area contributed by atoms with Gasteiger partial charge in [0.1, 0.15) is 0 Å². The number of methoxy groups -OCH3 is 1. The number of amides is 1. The summed E-state index contributed by atoms with van der Waals surface area (Å²) in [6, 6.07) is 7.50. The maximum absolute atomic E-state index is 11.8. The number of carbonyl (C=O) groups is 1. The molecule has 0 aliphatic heterocycles. The van der Waals surface area contributed by atoms with Crippen LogP contribution in [0.25, 0.3) is 0 Å². The number of aliphatic hydroxyl groups is 1. The Morgan fingerprint density at radius 1 is 1.40 bits per heavy atom. The molecule has 0 fully saturated rings. The molecular formula is C15H24N2O3. The van der Waals surface area contributed by atoms with Crippen LogP contribution in [-0.2, 0) is 4.74 Å². The number of hydrogen-bond acceptors (Lipinski definition) is 4. The Bertz CT molecular complexity index is 421. The third kappa shape index (κ3) is 5.19. The molecule has 0 saturated carbocycles. The third-order valence-electron chi connectivity index (χ3n) is 3.03. The van der Waals surface area contributed by atoms with Gasteiger partial charge in [0, 0.05) is 24.9 Å². The highest BCUT2D eigenvalue weighted by Gasteiger charge is 2.13. The monoisotopic (exact) mass is 280 g/mol. The Morgan fingerprint density at radius 2 is 2.15 bits per heavy atom. The summed E-state index contributed by atoms with van der Waals surface area (Å²) in [4.78, 5) is 11.8. The highest BCUT2D eigenvalue weighted by Crippen LogP contribution is 2.15. The fraction of sp³-hybridized carbons (Fsp3) is 0.533. The van der Waals surface area contributed by atoms with Gasteiger partial charge in [-0.2, -0.15) is 0 Å². The molecule has 1 unspecified atom stereocenters. The second kappa shape index (κ2) is 8.55. The van der Waals surface area contributed by atoms with Crippen LogP contribution < -0.4 is 10.6 Å². The van der Waals surface area contributed by atoms with Crippen molar-refractivity contribution in [1.29, 1.82) is 0 Å². The van der Waals surface area contributed by atoms with E-state index in [1.165, 1.54) is 0 Å². The first-order valence-corrected chi connectivity index (χ1v) is 6.83. The number of aliphatic hydroxyl groups excluding tert-OH is 1. The molecular weight excluding hydrogens is 256 g/mol. The zero-order valence-electron chi connectivity index (χ0n) is 12.3. The number of benzene rings is 1. The van der Waals surface area contributed by atoms with E-state index >= 15 is 0 Å². The van der Waals surface area contributed by atoms with Gasteiger partial charge in [-0.3, -0.25) is 4.79 Å². The van der Waals surface area contributed by atoms with Crippen molar-refractivity contribution < 1.29 is 14.6 Å². The van der Waals surface area contributed by atoms with Gasteiger partial charge in [0.25, 0.3) is 5.91 Å². The Hall–Kier alpha value is -1.59. The quantitative estimate of drug-likeness (QED) is 0.675. The van der Waals surface area contributed by atoms with Gasteiger partial charge in [-0.1, -0.05) is 19.9 Å². The van der Waals surface area contributed by atoms with Crippen molar-refractivity contribution in [2.75, 3.05) is 32.2 Å². The summed E-state index contributed by atoms with van der Waals surface area (Å²) in [5.74, 6) is 0.234. The molecule has 0 saturated heterocycles. The lowest BCUT2D eigenvalue weighted by atomic mass is 10.0. The van der Waals surface area contributed by atoms with E-state index in [9.17, 15) is 4.79 Å². The molecule has 1 atom stereocenters. The first kappa shape index (κ1) is 16.5. The van der Waals surface area contributed by atoms with Crippen LogP contribution >= 0.6 is 0 Å². The zero-order chi connectivity index (χ0) is 15.0. The lowest BCUT2D eigenvalue weighted by molar-refractivity contribution is 0.0945. The lowest BCUT2D eigenvalue weighted by Crippen LogP contribution is -2.30. The first-order chi connectivity index (χ1) is 9.58.